The molecule has 5 heteroatoms. The van der Waals surface area contributed by atoms with E-state index in [0.29, 0.717) is 5.95 Å². The molecule has 59 heavy (non-hydrogen) atoms. The van der Waals surface area contributed by atoms with Gasteiger partial charge in [-0.2, -0.15) is 0 Å². The average Bonchev–Trinajstić information content (AvgIpc) is 3.66. The van der Waals surface area contributed by atoms with Crippen molar-refractivity contribution in [2.75, 3.05) is 4.90 Å². The van der Waals surface area contributed by atoms with Gasteiger partial charge in [-0.3, -0.25) is 4.57 Å². The lowest BCUT2D eigenvalue weighted by molar-refractivity contribution is 1.01. The number of hydrogen-bond acceptors (Lipinski definition) is 4. The molecule has 2 aromatic heterocycles. The van der Waals surface area contributed by atoms with E-state index in [2.05, 4.69) is 216 Å². The first-order chi connectivity index (χ1) is 29.3. The third kappa shape index (κ3) is 5.47. The second-order valence-electron chi connectivity index (χ2n) is 15.0. The van der Waals surface area contributed by atoms with Crippen LogP contribution < -0.4 is 4.90 Å². The van der Waals surface area contributed by atoms with Gasteiger partial charge in [0.15, 0.2) is 0 Å². The Hall–Kier alpha value is -7.47. The molecule has 1 aliphatic heterocycles. The monoisotopic (exact) mass is 770 g/mol. The van der Waals surface area contributed by atoms with Crippen LogP contribution in [0.25, 0.3) is 82.9 Å². The van der Waals surface area contributed by atoms with Crippen molar-refractivity contribution in [2.45, 2.75) is 9.79 Å². The third-order valence-electron chi connectivity index (χ3n) is 11.6. The largest absolute Gasteiger partial charge is 0.308 e. The van der Waals surface area contributed by atoms with E-state index in [4.69, 9.17) is 9.97 Å². The molecular formula is C54H34N4S. The lowest BCUT2D eigenvalue weighted by atomic mass is 9.99. The molecule has 9 aromatic carbocycles. The van der Waals surface area contributed by atoms with E-state index in [-0.39, 0.29) is 0 Å². The summed E-state index contributed by atoms with van der Waals surface area (Å²) in [5, 5.41) is 5.77. The van der Waals surface area contributed by atoms with Crippen LogP contribution in [0.3, 0.4) is 0 Å². The number of benzene rings is 9. The Kier molecular flexibility index (Phi) is 7.75. The fourth-order valence-corrected chi connectivity index (χ4v) is 9.95. The molecule has 3 heterocycles. The zero-order valence-corrected chi connectivity index (χ0v) is 32.6. The zero-order chi connectivity index (χ0) is 38.9. The molecule has 0 atom stereocenters. The summed E-state index contributed by atoms with van der Waals surface area (Å²) in [6.45, 7) is 0. The van der Waals surface area contributed by atoms with Gasteiger partial charge in [-0.15, -0.1) is 0 Å². The number of aromatic nitrogens is 3. The highest BCUT2D eigenvalue weighted by Gasteiger charge is 2.27. The lowest BCUT2D eigenvalue weighted by Gasteiger charge is -2.33. The second kappa shape index (κ2) is 13.6. The molecule has 11 aromatic rings. The number of para-hydroxylation sites is 4. The van der Waals surface area contributed by atoms with Gasteiger partial charge in [0.25, 0.3) is 0 Å². The SMILES string of the molecule is c1ccc(-c2cccc(-c3nc(-n4c5ccc6ccccc6c5c5cccc(-c6ccc7c(c6)N(c6ccccc6)c6ccccc6S7)c54)nc4ccccc34)c2)cc1. The van der Waals surface area contributed by atoms with Crippen LogP contribution in [0.2, 0.25) is 0 Å². The summed E-state index contributed by atoms with van der Waals surface area (Å²) in [5.41, 5.74) is 13.0. The Bertz CT molecular complexity index is 3430. The minimum Gasteiger partial charge on any atom is -0.308 e. The van der Waals surface area contributed by atoms with Crippen molar-refractivity contribution in [3.05, 3.63) is 206 Å². The maximum atomic E-state index is 5.55. The minimum absolute atomic E-state index is 0.639. The normalized spacial score (nSPS) is 12.3. The van der Waals surface area contributed by atoms with Crippen molar-refractivity contribution in [2.24, 2.45) is 0 Å². The quantitative estimate of drug-likeness (QED) is 0.175. The highest BCUT2D eigenvalue weighted by Crippen LogP contribution is 2.53. The van der Waals surface area contributed by atoms with Gasteiger partial charge in [-0.05, 0) is 82.1 Å². The minimum atomic E-state index is 0.639. The molecule has 0 aliphatic carbocycles. The van der Waals surface area contributed by atoms with Gasteiger partial charge < -0.3 is 4.90 Å². The van der Waals surface area contributed by atoms with Crippen LogP contribution >= 0.6 is 11.8 Å². The lowest BCUT2D eigenvalue weighted by Crippen LogP contribution is -2.14. The molecule has 0 unspecified atom stereocenters. The smallest absolute Gasteiger partial charge is 0.235 e. The summed E-state index contributed by atoms with van der Waals surface area (Å²) >= 11 is 1.83. The average molecular weight is 771 g/mol. The molecule has 0 amide bonds. The molecule has 0 bridgehead atoms. The number of rotatable bonds is 5. The summed E-state index contributed by atoms with van der Waals surface area (Å²) in [7, 11) is 0. The Labute approximate surface area is 345 Å². The maximum absolute atomic E-state index is 5.55. The molecule has 0 fully saturated rings. The first-order valence-electron chi connectivity index (χ1n) is 19.9. The van der Waals surface area contributed by atoms with Gasteiger partial charge >= 0.3 is 0 Å². The van der Waals surface area contributed by atoms with Crippen molar-refractivity contribution >= 4 is 72.3 Å². The van der Waals surface area contributed by atoms with Crippen molar-refractivity contribution in [1.82, 2.24) is 14.5 Å². The van der Waals surface area contributed by atoms with Crippen molar-refractivity contribution in [3.63, 3.8) is 0 Å². The van der Waals surface area contributed by atoms with Gasteiger partial charge in [-0.1, -0.05) is 163 Å². The topological polar surface area (TPSA) is 34.0 Å². The highest BCUT2D eigenvalue weighted by molar-refractivity contribution is 7.99. The van der Waals surface area contributed by atoms with Gasteiger partial charge in [-0.25, -0.2) is 9.97 Å². The van der Waals surface area contributed by atoms with Crippen LogP contribution in [0.15, 0.2) is 216 Å². The number of anilines is 3. The summed E-state index contributed by atoms with van der Waals surface area (Å²) < 4.78 is 2.31. The molecule has 12 rings (SSSR count). The molecule has 0 N–H and O–H groups in total. The zero-order valence-electron chi connectivity index (χ0n) is 31.8. The van der Waals surface area contributed by atoms with E-state index < -0.39 is 0 Å². The fourth-order valence-electron chi connectivity index (χ4n) is 8.92. The Balaban J connectivity index is 1.14. The van der Waals surface area contributed by atoms with E-state index >= 15 is 0 Å². The molecule has 0 radical (unpaired) electrons. The van der Waals surface area contributed by atoms with E-state index in [0.717, 1.165) is 66.6 Å². The van der Waals surface area contributed by atoms with E-state index in [1.807, 2.05) is 11.8 Å². The van der Waals surface area contributed by atoms with Crippen LogP contribution in [0, 0.1) is 0 Å². The van der Waals surface area contributed by atoms with Gasteiger partial charge in [0.2, 0.25) is 5.95 Å². The highest BCUT2D eigenvalue weighted by atomic mass is 32.2. The first kappa shape index (κ1) is 33.6. The molecule has 0 saturated heterocycles. The Morgan fingerprint density at radius 3 is 2.02 bits per heavy atom. The predicted molar refractivity (Wildman–Crippen MR) is 246 cm³/mol. The van der Waals surface area contributed by atoms with E-state index in [1.165, 1.54) is 37.2 Å². The molecule has 0 spiro atoms. The van der Waals surface area contributed by atoms with Crippen molar-refractivity contribution in [3.8, 4) is 39.5 Å². The Morgan fingerprint density at radius 1 is 0.424 bits per heavy atom. The molecule has 0 saturated carbocycles. The van der Waals surface area contributed by atoms with Gasteiger partial charge in [0, 0.05) is 42.8 Å². The number of hydrogen-bond donors (Lipinski definition) is 0. The molecule has 276 valence electrons. The summed E-state index contributed by atoms with van der Waals surface area (Å²) in [6.07, 6.45) is 0. The third-order valence-corrected chi connectivity index (χ3v) is 12.7. The first-order valence-corrected chi connectivity index (χ1v) is 20.7. The van der Waals surface area contributed by atoms with Crippen LogP contribution in [0.5, 0.6) is 0 Å². The standard InChI is InChI=1S/C54H34N4S/c1-3-15-35(16-4-1)37-18-13-19-39(33-37)52-43-23-9-10-26-45(43)55-54(56-52)58-47-31-29-36-17-7-8-22-41(36)51(47)44-25-14-24-42(53(44)58)38-30-32-50-48(34-38)57(40-20-5-2-6-21-40)46-27-11-12-28-49(46)59-50/h1-34H. The maximum Gasteiger partial charge on any atom is 0.235 e. The molecular weight excluding hydrogens is 737 g/mol. The van der Waals surface area contributed by atoms with E-state index in [1.54, 1.807) is 0 Å². The molecule has 4 nitrogen and oxygen atoms in total. The predicted octanol–water partition coefficient (Wildman–Crippen LogP) is 14.8. The number of nitrogens with zero attached hydrogens (tertiary/aromatic N) is 4. The van der Waals surface area contributed by atoms with Crippen LogP contribution in [-0.4, -0.2) is 14.5 Å². The second-order valence-corrected chi connectivity index (χ2v) is 16.1. The van der Waals surface area contributed by atoms with Crippen LogP contribution in [0.1, 0.15) is 0 Å². The fraction of sp³-hybridized carbons (Fsp3) is 0. The summed E-state index contributed by atoms with van der Waals surface area (Å²) in [4.78, 5) is 15.8. The van der Waals surface area contributed by atoms with Crippen LogP contribution in [-0.2, 0) is 0 Å². The number of fused-ring (bicyclic) bond motifs is 8. The van der Waals surface area contributed by atoms with Crippen LogP contribution in [0.4, 0.5) is 17.1 Å². The summed E-state index contributed by atoms with van der Waals surface area (Å²) in [6, 6.07) is 73.8. The summed E-state index contributed by atoms with van der Waals surface area (Å²) in [5.74, 6) is 0.639. The van der Waals surface area contributed by atoms with Gasteiger partial charge in [0.05, 0.1) is 33.6 Å². The Morgan fingerprint density at radius 2 is 1.12 bits per heavy atom. The van der Waals surface area contributed by atoms with Crippen molar-refractivity contribution < 1.29 is 0 Å². The van der Waals surface area contributed by atoms with Gasteiger partial charge in [0.1, 0.15) is 0 Å². The van der Waals surface area contributed by atoms with E-state index in [9.17, 15) is 0 Å². The van der Waals surface area contributed by atoms with Crippen molar-refractivity contribution in [1.29, 1.82) is 0 Å². The molecule has 1 aliphatic rings.